The van der Waals surface area contributed by atoms with Crippen LogP contribution in [0.25, 0.3) is 0 Å². The maximum atomic E-state index is 12.6. The molecular weight excluding hydrogens is 232 g/mol. The lowest BCUT2D eigenvalue weighted by molar-refractivity contribution is -0.144. The van der Waals surface area contributed by atoms with Gasteiger partial charge in [-0.15, -0.1) is 0 Å². The van der Waals surface area contributed by atoms with Crippen LogP contribution in [0.2, 0.25) is 0 Å². The van der Waals surface area contributed by atoms with Gasteiger partial charge in [-0.2, -0.15) is 0 Å². The first-order chi connectivity index (χ1) is 8.70. The number of methoxy groups -OCH3 is 1. The molecule has 1 saturated carbocycles. The Balaban J connectivity index is 2.71. The third-order valence-electron chi connectivity index (χ3n) is 3.88. The molecule has 5 heteroatoms. The number of hydrogen-bond acceptors (Lipinski definition) is 4. The molecule has 0 aromatic carbocycles. The van der Waals surface area contributed by atoms with Crippen molar-refractivity contribution in [3.63, 3.8) is 0 Å². The van der Waals surface area contributed by atoms with Crippen LogP contribution < -0.4 is 5.73 Å². The van der Waals surface area contributed by atoms with Gasteiger partial charge in [0, 0.05) is 26.7 Å². The summed E-state index contributed by atoms with van der Waals surface area (Å²) in [4.78, 5) is 14.3. The summed E-state index contributed by atoms with van der Waals surface area (Å²) >= 11 is 0. The minimum Gasteiger partial charge on any atom is -0.395 e. The molecule has 1 aliphatic carbocycles. The van der Waals surface area contributed by atoms with Crippen molar-refractivity contribution in [3.8, 4) is 0 Å². The van der Waals surface area contributed by atoms with Crippen LogP contribution in [-0.2, 0) is 9.53 Å². The van der Waals surface area contributed by atoms with Gasteiger partial charge in [-0.3, -0.25) is 4.79 Å². The number of rotatable bonds is 7. The Morgan fingerprint density at radius 1 is 1.33 bits per heavy atom. The molecule has 1 rings (SSSR count). The molecule has 0 aromatic heterocycles. The second-order valence-electron chi connectivity index (χ2n) is 5.05. The molecule has 0 bridgehead atoms. The molecule has 0 heterocycles. The van der Waals surface area contributed by atoms with Crippen molar-refractivity contribution in [2.45, 2.75) is 32.1 Å². The van der Waals surface area contributed by atoms with E-state index in [1.54, 1.807) is 12.0 Å². The second-order valence-corrected chi connectivity index (χ2v) is 5.05. The van der Waals surface area contributed by atoms with E-state index in [1.807, 2.05) is 0 Å². The summed E-state index contributed by atoms with van der Waals surface area (Å²) in [6, 6.07) is 0. The van der Waals surface area contributed by atoms with Crippen molar-refractivity contribution < 1.29 is 14.6 Å². The fourth-order valence-corrected chi connectivity index (χ4v) is 2.71. The molecule has 3 N–H and O–H groups in total. The van der Waals surface area contributed by atoms with E-state index in [0.29, 0.717) is 26.2 Å². The van der Waals surface area contributed by atoms with Gasteiger partial charge in [-0.25, -0.2) is 0 Å². The summed E-state index contributed by atoms with van der Waals surface area (Å²) < 4.78 is 5.02. The Morgan fingerprint density at radius 2 is 2.00 bits per heavy atom. The van der Waals surface area contributed by atoms with E-state index in [0.717, 1.165) is 25.7 Å². The van der Waals surface area contributed by atoms with Gasteiger partial charge in [-0.1, -0.05) is 19.3 Å². The molecule has 0 radical (unpaired) electrons. The van der Waals surface area contributed by atoms with Crippen molar-refractivity contribution in [3.05, 3.63) is 0 Å². The molecule has 0 atom stereocenters. The number of ether oxygens (including phenoxy) is 1. The minimum atomic E-state index is -0.402. The van der Waals surface area contributed by atoms with E-state index in [9.17, 15) is 4.79 Å². The number of carbonyl (C=O) groups is 1. The highest BCUT2D eigenvalue weighted by Crippen LogP contribution is 2.37. The van der Waals surface area contributed by atoms with Crippen molar-refractivity contribution in [2.75, 3.05) is 40.0 Å². The molecule has 1 amide bonds. The summed E-state index contributed by atoms with van der Waals surface area (Å²) in [7, 11) is 1.61. The number of hydrogen-bond donors (Lipinski definition) is 2. The summed E-state index contributed by atoms with van der Waals surface area (Å²) in [6.07, 6.45) is 5.07. The fourth-order valence-electron chi connectivity index (χ4n) is 2.71. The molecule has 1 fully saturated rings. The number of amides is 1. The van der Waals surface area contributed by atoms with E-state index < -0.39 is 5.41 Å². The largest absolute Gasteiger partial charge is 0.395 e. The van der Waals surface area contributed by atoms with Gasteiger partial charge in [-0.05, 0) is 12.8 Å². The van der Waals surface area contributed by atoms with E-state index in [1.165, 1.54) is 6.42 Å². The Hall–Kier alpha value is -0.650. The average molecular weight is 258 g/mol. The molecule has 5 nitrogen and oxygen atoms in total. The van der Waals surface area contributed by atoms with Crippen LogP contribution >= 0.6 is 0 Å². The van der Waals surface area contributed by atoms with Crippen molar-refractivity contribution >= 4 is 5.91 Å². The van der Waals surface area contributed by atoms with Crippen molar-refractivity contribution in [1.29, 1.82) is 0 Å². The van der Waals surface area contributed by atoms with Crippen LogP contribution in [0.4, 0.5) is 0 Å². The lowest BCUT2D eigenvalue weighted by atomic mass is 9.73. The van der Waals surface area contributed by atoms with Crippen LogP contribution in [0.1, 0.15) is 32.1 Å². The average Bonchev–Trinajstić information content (AvgIpc) is 2.43. The summed E-state index contributed by atoms with van der Waals surface area (Å²) in [5.74, 6) is 0.0933. The molecule has 18 heavy (non-hydrogen) atoms. The Bertz CT molecular complexity index is 253. The van der Waals surface area contributed by atoms with Gasteiger partial charge in [0.2, 0.25) is 5.91 Å². The first-order valence-electron chi connectivity index (χ1n) is 6.79. The second kappa shape index (κ2) is 7.71. The zero-order valence-corrected chi connectivity index (χ0v) is 11.4. The maximum absolute atomic E-state index is 12.6. The SMILES string of the molecule is COCCN(CCO)C(=O)C1(CN)CCCCC1. The van der Waals surface area contributed by atoms with Crippen molar-refractivity contribution in [2.24, 2.45) is 11.1 Å². The molecule has 0 spiro atoms. The topological polar surface area (TPSA) is 75.8 Å². The zero-order chi connectivity index (χ0) is 13.4. The lowest BCUT2D eigenvalue weighted by Gasteiger charge is -2.39. The molecule has 0 saturated heterocycles. The van der Waals surface area contributed by atoms with Gasteiger partial charge < -0.3 is 20.5 Å². The van der Waals surface area contributed by atoms with Crippen molar-refractivity contribution in [1.82, 2.24) is 4.90 Å². The van der Waals surface area contributed by atoms with Crippen LogP contribution in [0.5, 0.6) is 0 Å². The molecular formula is C13H26N2O3. The number of aliphatic hydroxyl groups is 1. The smallest absolute Gasteiger partial charge is 0.230 e. The monoisotopic (exact) mass is 258 g/mol. The minimum absolute atomic E-state index is 0.0178. The number of nitrogens with two attached hydrogens (primary N) is 1. The zero-order valence-electron chi connectivity index (χ0n) is 11.4. The first kappa shape index (κ1) is 15.4. The number of carbonyl (C=O) groups excluding carboxylic acids is 1. The Kier molecular flexibility index (Phi) is 6.60. The van der Waals surface area contributed by atoms with Gasteiger partial charge in [0.1, 0.15) is 0 Å². The number of aliphatic hydroxyl groups excluding tert-OH is 1. The standard InChI is InChI=1S/C13H26N2O3/c1-18-10-8-15(7-9-16)12(17)13(11-14)5-3-2-4-6-13/h16H,2-11,14H2,1H3. The van der Waals surface area contributed by atoms with Gasteiger partial charge >= 0.3 is 0 Å². The van der Waals surface area contributed by atoms with Crippen LogP contribution in [-0.4, -0.2) is 55.9 Å². The Morgan fingerprint density at radius 3 is 2.50 bits per heavy atom. The highest BCUT2D eigenvalue weighted by molar-refractivity contribution is 5.83. The van der Waals surface area contributed by atoms with Crippen LogP contribution in [0.15, 0.2) is 0 Å². The predicted octanol–water partition coefficient (Wildman–Crippen LogP) is 0.363. The van der Waals surface area contributed by atoms with Crippen LogP contribution in [0, 0.1) is 5.41 Å². The molecule has 0 aliphatic heterocycles. The predicted molar refractivity (Wildman–Crippen MR) is 70.1 cm³/mol. The molecule has 106 valence electrons. The third-order valence-corrected chi connectivity index (χ3v) is 3.88. The fraction of sp³-hybridized carbons (Fsp3) is 0.923. The normalized spacial score (nSPS) is 18.6. The highest BCUT2D eigenvalue weighted by atomic mass is 16.5. The van der Waals surface area contributed by atoms with E-state index in [-0.39, 0.29) is 12.5 Å². The first-order valence-corrected chi connectivity index (χ1v) is 6.79. The third kappa shape index (κ3) is 3.67. The Labute approximate surface area is 109 Å². The van der Waals surface area contributed by atoms with E-state index in [2.05, 4.69) is 0 Å². The highest BCUT2D eigenvalue weighted by Gasteiger charge is 2.40. The summed E-state index contributed by atoms with van der Waals surface area (Å²) in [5, 5.41) is 9.07. The summed E-state index contributed by atoms with van der Waals surface area (Å²) in [6.45, 7) is 1.77. The molecule has 0 aromatic rings. The van der Waals surface area contributed by atoms with Gasteiger partial charge in [0.15, 0.2) is 0 Å². The quantitative estimate of drug-likeness (QED) is 0.691. The van der Waals surface area contributed by atoms with E-state index >= 15 is 0 Å². The molecule has 0 unspecified atom stereocenters. The molecule has 1 aliphatic rings. The van der Waals surface area contributed by atoms with Gasteiger partial charge in [0.05, 0.1) is 18.6 Å². The summed E-state index contributed by atoms with van der Waals surface area (Å²) in [5.41, 5.74) is 5.46. The number of nitrogens with zero attached hydrogens (tertiary/aromatic N) is 1. The van der Waals surface area contributed by atoms with Crippen LogP contribution in [0.3, 0.4) is 0 Å². The maximum Gasteiger partial charge on any atom is 0.230 e. The lowest BCUT2D eigenvalue weighted by Crippen LogP contribution is -2.50. The van der Waals surface area contributed by atoms with E-state index in [4.69, 9.17) is 15.6 Å². The van der Waals surface area contributed by atoms with Gasteiger partial charge in [0.25, 0.3) is 0 Å².